The third kappa shape index (κ3) is 1.82. The molecular formula is C11H12BrNO. The van der Waals surface area contributed by atoms with Gasteiger partial charge in [-0.05, 0) is 46.3 Å². The average molecular weight is 254 g/mol. The summed E-state index contributed by atoms with van der Waals surface area (Å²) >= 11 is 3.48. The predicted octanol–water partition coefficient (Wildman–Crippen LogP) is 3.28. The maximum absolute atomic E-state index is 5.09. The van der Waals surface area contributed by atoms with E-state index in [1.807, 2.05) is 12.1 Å². The van der Waals surface area contributed by atoms with E-state index in [-0.39, 0.29) is 0 Å². The third-order valence-corrected chi connectivity index (χ3v) is 3.04. The Balaban J connectivity index is 2.34. The Labute approximate surface area is 92.1 Å². The van der Waals surface area contributed by atoms with E-state index in [0.29, 0.717) is 11.8 Å². The lowest BCUT2D eigenvalue weighted by atomic mass is 10.1. The number of methoxy groups -OCH3 is 1. The molecule has 1 fully saturated rings. The van der Waals surface area contributed by atoms with E-state index in [1.165, 1.54) is 12.8 Å². The van der Waals surface area contributed by atoms with Crippen LogP contribution < -0.4 is 4.74 Å². The van der Waals surface area contributed by atoms with E-state index in [9.17, 15) is 0 Å². The summed E-state index contributed by atoms with van der Waals surface area (Å²) in [6, 6.07) is 3.79. The third-order valence-electron chi connectivity index (χ3n) is 2.40. The highest BCUT2D eigenvalue weighted by Gasteiger charge is 2.27. The molecule has 0 atom stereocenters. The van der Waals surface area contributed by atoms with Crippen LogP contribution in [0.3, 0.4) is 0 Å². The molecule has 0 spiro atoms. The maximum atomic E-state index is 5.09. The summed E-state index contributed by atoms with van der Waals surface area (Å²) in [4.78, 5) is 4.38. The van der Waals surface area contributed by atoms with Crippen molar-refractivity contribution in [2.24, 2.45) is 5.92 Å². The summed E-state index contributed by atoms with van der Waals surface area (Å²) in [6.07, 6.45) is 2.48. The molecule has 1 aliphatic rings. The number of allylic oxidation sites excluding steroid dienone is 1. The van der Waals surface area contributed by atoms with Gasteiger partial charge < -0.3 is 4.74 Å². The second-order valence-corrected chi connectivity index (χ2v) is 4.34. The van der Waals surface area contributed by atoms with E-state index in [4.69, 9.17) is 4.74 Å². The van der Waals surface area contributed by atoms with Crippen LogP contribution in [0.1, 0.15) is 18.5 Å². The Morgan fingerprint density at radius 2 is 2.29 bits per heavy atom. The van der Waals surface area contributed by atoms with Gasteiger partial charge in [0.15, 0.2) is 0 Å². The molecule has 14 heavy (non-hydrogen) atoms. The van der Waals surface area contributed by atoms with E-state index < -0.39 is 0 Å². The van der Waals surface area contributed by atoms with Crippen molar-refractivity contribution in [3.63, 3.8) is 0 Å². The van der Waals surface area contributed by atoms with Crippen molar-refractivity contribution in [1.82, 2.24) is 4.98 Å². The highest BCUT2D eigenvalue weighted by atomic mass is 79.9. The largest absolute Gasteiger partial charge is 0.481 e. The van der Waals surface area contributed by atoms with E-state index in [2.05, 4.69) is 27.5 Å². The Morgan fingerprint density at radius 3 is 2.86 bits per heavy atom. The lowest BCUT2D eigenvalue weighted by Gasteiger charge is -2.07. The number of hydrogen-bond acceptors (Lipinski definition) is 2. The van der Waals surface area contributed by atoms with Crippen LogP contribution in [-0.2, 0) is 0 Å². The number of halogens is 1. The Bertz CT molecular complexity index is 372. The Kier molecular flexibility index (Phi) is 2.59. The fraction of sp³-hybridized carbons (Fsp3) is 0.364. The normalized spacial score (nSPS) is 15.3. The van der Waals surface area contributed by atoms with Crippen molar-refractivity contribution in [1.29, 1.82) is 0 Å². The first-order valence-corrected chi connectivity index (χ1v) is 5.41. The van der Waals surface area contributed by atoms with Crippen LogP contribution in [0.4, 0.5) is 0 Å². The first kappa shape index (κ1) is 9.71. The molecule has 2 nitrogen and oxygen atoms in total. The van der Waals surface area contributed by atoms with Gasteiger partial charge in [0.25, 0.3) is 0 Å². The molecule has 0 bridgehead atoms. The smallest absolute Gasteiger partial charge is 0.213 e. The van der Waals surface area contributed by atoms with Gasteiger partial charge in [-0.25, -0.2) is 4.98 Å². The van der Waals surface area contributed by atoms with E-state index >= 15 is 0 Å². The standard InChI is InChI=1S/C11H12BrNO/c1-7(8-3-4-8)11-9(12)5-6-10(13-11)14-2/h5-6,8H,1,3-4H2,2H3. The summed E-state index contributed by atoms with van der Waals surface area (Å²) in [5.41, 5.74) is 2.06. The predicted molar refractivity (Wildman–Crippen MR) is 60.2 cm³/mol. The summed E-state index contributed by atoms with van der Waals surface area (Å²) in [7, 11) is 1.62. The van der Waals surface area contributed by atoms with Crippen LogP contribution in [0.15, 0.2) is 23.2 Å². The summed E-state index contributed by atoms with van der Waals surface area (Å²) in [5.74, 6) is 1.27. The molecule has 0 saturated heterocycles. The number of aromatic nitrogens is 1. The number of nitrogens with zero attached hydrogens (tertiary/aromatic N) is 1. The fourth-order valence-electron chi connectivity index (χ4n) is 1.39. The van der Waals surface area contributed by atoms with Crippen LogP contribution >= 0.6 is 15.9 Å². The summed E-state index contributed by atoms with van der Waals surface area (Å²) in [6.45, 7) is 4.08. The molecule has 0 amide bonds. The average Bonchev–Trinajstić information content (AvgIpc) is 3.01. The Morgan fingerprint density at radius 1 is 1.57 bits per heavy atom. The second-order valence-electron chi connectivity index (χ2n) is 3.48. The molecule has 1 aliphatic carbocycles. The summed E-state index contributed by atoms with van der Waals surface area (Å²) in [5, 5.41) is 0. The van der Waals surface area contributed by atoms with E-state index in [1.54, 1.807) is 7.11 Å². The minimum Gasteiger partial charge on any atom is -0.481 e. The van der Waals surface area contributed by atoms with Gasteiger partial charge in [0.05, 0.1) is 12.8 Å². The summed E-state index contributed by atoms with van der Waals surface area (Å²) < 4.78 is 6.08. The highest BCUT2D eigenvalue weighted by Crippen LogP contribution is 2.42. The van der Waals surface area contributed by atoms with Crippen LogP contribution in [0.2, 0.25) is 0 Å². The first-order valence-electron chi connectivity index (χ1n) is 4.62. The SMILES string of the molecule is C=C(c1nc(OC)ccc1Br)C1CC1. The van der Waals surface area contributed by atoms with Gasteiger partial charge in [0.1, 0.15) is 0 Å². The molecule has 0 aliphatic heterocycles. The monoisotopic (exact) mass is 253 g/mol. The molecule has 0 N–H and O–H groups in total. The zero-order chi connectivity index (χ0) is 10.1. The van der Waals surface area contributed by atoms with Crippen molar-refractivity contribution in [2.45, 2.75) is 12.8 Å². The zero-order valence-corrected chi connectivity index (χ0v) is 9.67. The van der Waals surface area contributed by atoms with Crippen molar-refractivity contribution >= 4 is 21.5 Å². The van der Waals surface area contributed by atoms with Gasteiger partial charge in [-0.2, -0.15) is 0 Å². The molecule has 74 valence electrons. The number of pyridine rings is 1. The van der Waals surface area contributed by atoms with Gasteiger partial charge in [0.2, 0.25) is 5.88 Å². The molecule has 2 rings (SSSR count). The first-order chi connectivity index (χ1) is 6.72. The quantitative estimate of drug-likeness (QED) is 0.825. The molecule has 1 heterocycles. The molecule has 1 saturated carbocycles. The zero-order valence-electron chi connectivity index (χ0n) is 8.09. The van der Waals surface area contributed by atoms with Crippen molar-refractivity contribution in [2.75, 3.05) is 7.11 Å². The van der Waals surface area contributed by atoms with Crippen molar-refractivity contribution in [3.8, 4) is 5.88 Å². The van der Waals surface area contributed by atoms with Crippen LogP contribution in [0, 0.1) is 5.92 Å². The van der Waals surface area contributed by atoms with Gasteiger partial charge in [-0.15, -0.1) is 0 Å². The molecule has 0 radical (unpaired) electrons. The fourth-order valence-corrected chi connectivity index (χ4v) is 1.86. The number of hydrogen-bond donors (Lipinski definition) is 0. The van der Waals surface area contributed by atoms with Gasteiger partial charge in [-0.3, -0.25) is 0 Å². The van der Waals surface area contributed by atoms with Crippen molar-refractivity contribution < 1.29 is 4.74 Å². The van der Waals surface area contributed by atoms with Gasteiger partial charge in [0, 0.05) is 10.5 Å². The van der Waals surface area contributed by atoms with Gasteiger partial charge >= 0.3 is 0 Å². The molecule has 3 heteroatoms. The molecule has 0 aromatic carbocycles. The van der Waals surface area contributed by atoms with Crippen molar-refractivity contribution in [3.05, 3.63) is 28.9 Å². The lowest BCUT2D eigenvalue weighted by molar-refractivity contribution is 0.397. The number of rotatable bonds is 3. The van der Waals surface area contributed by atoms with Gasteiger partial charge in [-0.1, -0.05) is 6.58 Å². The van der Waals surface area contributed by atoms with E-state index in [0.717, 1.165) is 15.7 Å². The lowest BCUT2D eigenvalue weighted by Crippen LogP contribution is -1.95. The molecule has 1 aromatic heterocycles. The van der Waals surface area contributed by atoms with Crippen LogP contribution in [-0.4, -0.2) is 12.1 Å². The molecular weight excluding hydrogens is 242 g/mol. The molecule has 1 aromatic rings. The number of ether oxygens (including phenoxy) is 1. The Hall–Kier alpha value is -0.830. The van der Waals surface area contributed by atoms with Crippen LogP contribution in [0.5, 0.6) is 5.88 Å². The maximum Gasteiger partial charge on any atom is 0.213 e. The minimum absolute atomic E-state index is 0.630. The molecule has 0 unspecified atom stereocenters. The minimum atomic E-state index is 0.630. The highest BCUT2D eigenvalue weighted by molar-refractivity contribution is 9.10. The topological polar surface area (TPSA) is 22.1 Å². The second kappa shape index (κ2) is 3.73. The van der Waals surface area contributed by atoms with Crippen LogP contribution in [0.25, 0.3) is 5.57 Å².